The SMILES string of the molecule is COc1ccc(C(=O)N2CCSCC2CC(=O)O)nn1. The highest BCUT2D eigenvalue weighted by atomic mass is 32.2. The summed E-state index contributed by atoms with van der Waals surface area (Å²) in [6.45, 7) is 0.523. The summed E-state index contributed by atoms with van der Waals surface area (Å²) in [5, 5.41) is 16.5. The first-order valence-electron chi connectivity index (χ1n) is 6.10. The van der Waals surface area contributed by atoms with Crippen LogP contribution in [-0.4, -0.2) is 63.3 Å². The second-order valence-electron chi connectivity index (χ2n) is 4.29. The number of rotatable bonds is 4. The van der Waals surface area contributed by atoms with Gasteiger partial charge >= 0.3 is 5.97 Å². The van der Waals surface area contributed by atoms with Crippen molar-refractivity contribution in [1.82, 2.24) is 15.1 Å². The fourth-order valence-corrected chi connectivity index (χ4v) is 3.05. The molecule has 1 unspecified atom stereocenters. The average molecular weight is 297 g/mol. The van der Waals surface area contributed by atoms with E-state index in [-0.39, 0.29) is 24.1 Å². The highest BCUT2D eigenvalue weighted by Gasteiger charge is 2.30. The Balaban J connectivity index is 2.13. The van der Waals surface area contributed by atoms with Gasteiger partial charge in [0.25, 0.3) is 5.91 Å². The van der Waals surface area contributed by atoms with Gasteiger partial charge in [-0.25, -0.2) is 0 Å². The molecule has 7 nitrogen and oxygen atoms in total. The van der Waals surface area contributed by atoms with Gasteiger partial charge in [0.05, 0.1) is 19.6 Å². The number of amides is 1. The molecule has 1 N–H and O–H groups in total. The van der Waals surface area contributed by atoms with Gasteiger partial charge in [0.2, 0.25) is 5.88 Å². The van der Waals surface area contributed by atoms with Gasteiger partial charge < -0.3 is 14.7 Å². The number of carbonyl (C=O) groups is 2. The minimum Gasteiger partial charge on any atom is -0.481 e. The van der Waals surface area contributed by atoms with Crippen molar-refractivity contribution in [2.45, 2.75) is 12.5 Å². The molecule has 2 rings (SSSR count). The van der Waals surface area contributed by atoms with Gasteiger partial charge in [0.1, 0.15) is 0 Å². The molecule has 0 aliphatic carbocycles. The summed E-state index contributed by atoms with van der Waals surface area (Å²) >= 11 is 1.65. The third-order valence-electron chi connectivity index (χ3n) is 2.97. The van der Waals surface area contributed by atoms with Gasteiger partial charge in [-0.15, -0.1) is 10.2 Å². The number of thioether (sulfide) groups is 1. The minimum absolute atomic E-state index is 0.0533. The van der Waals surface area contributed by atoms with Gasteiger partial charge in [-0.2, -0.15) is 11.8 Å². The average Bonchev–Trinajstić information content (AvgIpc) is 2.46. The molecule has 0 saturated carbocycles. The molecule has 1 fully saturated rings. The lowest BCUT2D eigenvalue weighted by molar-refractivity contribution is -0.138. The highest BCUT2D eigenvalue weighted by Crippen LogP contribution is 2.21. The van der Waals surface area contributed by atoms with E-state index < -0.39 is 5.97 Å². The number of hydrogen-bond donors (Lipinski definition) is 1. The third kappa shape index (κ3) is 3.38. The Kier molecular flexibility index (Phi) is 4.78. The van der Waals surface area contributed by atoms with Gasteiger partial charge in [-0.05, 0) is 6.07 Å². The maximum absolute atomic E-state index is 12.4. The number of ether oxygens (including phenoxy) is 1. The number of nitrogens with zero attached hydrogens (tertiary/aromatic N) is 3. The molecule has 20 heavy (non-hydrogen) atoms. The molecule has 0 aromatic carbocycles. The van der Waals surface area contributed by atoms with Crippen molar-refractivity contribution in [3.8, 4) is 5.88 Å². The molecule has 1 atom stereocenters. The van der Waals surface area contributed by atoms with Crippen molar-refractivity contribution in [1.29, 1.82) is 0 Å². The van der Waals surface area contributed by atoms with Crippen LogP contribution in [0, 0.1) is 0 Å². The summed E-state index contributed by atoms with van der Waals surface area (Å²) < 4.78 is 4.89. The Morgan fingerprint density at radius 2 is 2.30 bits per heavy atom. The number of aliphatic carboxylic acids is 1. The molecule has 1 aliphatic rings. The summed E-state index contributed by atoms with van der Waals surface area (Å²) in [5.41, 5.74) is 0.202. The maximum atomic E-state index is 12.4. The normalized spacial score (nSPS) is 18.6. The fraction of sp³-hybridized carbons (Fsp3) is 0.500. The van der Waals surface area contributed by atoms with Crippen LogP contribution in [0.2, 0.25) is 0 Å². The summed E-state index contributed by atoms with van der Waals surface area (Å²) in [5.74, 6) is 0.563. The maximum Gasteiger partial charge on any atom is 0.305 e. The van der Waals surface area contributed by atoms with Crippen LogP contribution in [0.3, 0.4) is 0 Å². The van der Waals surface area contributed by atoms with Crippen molar-refractivity contribution in [3.05, 3.63) is 17.8 Å². The Bertz CT molecular complexity index is 494. The van der Waals surface area contributed by atoms with Crippen LogP contribution in [0.5, 0.6) is 5.88 Å². The second-order valence-corrected chi connectivity index (χ2v) is 5.44. The van der Waals surface area contributed by atoms with Gasteiger partial charge in [0.15, 0.2) is 5.69 Å². The number of aromatic nitrogens is 2. The molecule has 8 heteroatoms. The lowest BCUT2D eigenvalue weighted by Gasteiger charge is -2.34. The van der Waals surface area contributed by atoms with Crippen molar-refractivity contribution < 1.29 is 19.4 Å². The molecule has 2 heterocycles. The zero-order valence-electron chi connectivity index (χ0n) is 11.0. The smallest absolute Gasteiger partial charge is 0.305 e. The number of methoxy groups -OCH3 is 1. The third-order valence-corrected chi connectivity index (χ3v) is 4.06. The lowest BCUT2D eigenvalue weighted by atomic mass is 10.1. The summed E-state index contributed by atoms with van der Waals surface area (Å²) in [7, 11) is 1.47. The van der Waals surface area contributed by atoms with Gasteiger partial charge in [-0.1, -0.05) is 0 Å². The van der Waals surface area contributed by atoms with Gasteiger partial charge in [-0.3, -0.25) is 9.59 Å². The molecule has 1 saturated heterocycles. The predicted octanol–water partition coefficient (Wildman–Crippen LogP) is 0.518. The number of carboxylic acid groups (broad SMARTS) is 1. The number of hydrogen-bond acceptors (Lipinski definition) is 6. The zero-order valence-corrected chi connectivity index (χ0v) is 11.8. The van der Waals surface area contributed by atoms with Gasteiger partial charge in [0, 0.05) is 24.1 Å². The molecule has 0 spiro atoms. The fourth-order valence-electron chi connectivity index (χ4n) is 1.98. The Labute approximate surface area is 120 Å². The molecule has 0 radical (unpaired) electrons. The molecule has 0 bridgehead atoms. The summed E-state index contributed by atoms with van der Waals surface area (Å²) in [4.78, 5) is 24.8. The Morgan fingerprint density at radius 1 is 1.50 bits per heavy atom. The molecule has 1 aromatic rings. The van der Waals surface area contributed by atoms with Crippen LogP contribution < -0.4 is 4.74 Å². The van der Waals surface area contributed by atoms with E-state index in [9.17, 15) is 9.59 Å². The molecule has 1 aromatic heterocycles. The summed E-state index contributed by atoms with van der Waals surface area (Å²) in [6.07, 6.45) is -0.0533. The minimum atomic E-state index is -0.906. The van der Waals surface area contributed by atoms with Crippen LogP contribution in [-0.2, 0) is 4.79 Å². The largest absolute Gasteiger partial charge is 0.481 e. The van der Waals surface area contributed by atoms with E-state index in [2.05, 4.69) is 10.2 Å². The monoisotopic (exact) mass is 297 g/mol. The first-order valence-corrected chi connectivity index (χ1v) is 7.25. The van der Waals surface area contributed by atoms with Crippen molar-refractivity contribution in [2.75, 3.05) is 25.2 Å². The van der Waals surface area contributed by atoms with E-state index in [1.165, 1.54) is 13.2 Å². The quantitative estimate of drug-likeness (QED) is 0.866. The summed E-state index contributed by atoms with van der Waals surface area (Å²) in [6, 6.07) is 2.79. The van der Waals surface area contributed by atoms with E-state index in [1.807, 2.05) is 0 Å². The number of carbonyl (C=O) groups excluding carboxylic acids is 1. The second kappa shape index (κ2) is 6.56. The highest BCUT2D eigenvalue weighted by molar-refractivity contribution is 7.99. The topological polar surface area (TPSA) is 92.6 Å². The van der Waals surface area contributed by atoms with Crippen molar-refractivity contribution in [2.24, 2.45) is 0 Å². The van der Waals surface area contributed by atoms with Crippen molar-refractivity contribution in [3.63, 3.8) is 0 Å². The van der Waals surface area contributed by atoms with E-state index in [0.29, 0.717) is 18.2 Å². The molecule has 108 valence electrons. The van der Waals surface area contributed by atoms with Crippen LogP contribution in [0.4, 0.5) is 0 Å². The standard InChI is InChI=1S/C12H15N3O4S/c1-19-10-3-2-9(13-14-10)12(18)15-4-5-20-7-8(15)6-11(16)17/h2-3,8H,4-7H2,1H3,(H,16,17). The van der Waals surface area contributed by atoms with Crippen molar-refractivity contribution >= 4 is 23.6 Å². The Morgan fingerprint density at radius 3 is 2.90 bits per heavy atom. The zero-order chi connectivity index (χ0) is 14.5. The van der Waals surface area contributed by atoms with E-state index >= 15 is 0 Å². The van der Waals surface area contributed by atoms with Crippen LogP contribution >= 0.6 is 11.8 Å². The molecular formula is C12H15N3O4S. The van der Waals surface area contributed by atoms with Crippen LogP contribution in [0.1, 0.15) is 16.9 Å². The number of carboxylic acids is 1. The van der Waals surface area contributed by atoms with E-state index in [0.717, 1.165) is 5.75 Å². The van der Waals surface area contributed by atoms with Crippen LogP contribution in [0.15, 0.2) is 12.1 Å². The molecule has 1 amide bonds. The molecular weight excluding hydrogens is 282 g/mol. The molecule has 1 aliphatic heterocycles. The lowest BCUT2D eigenvalue weighted by Crippen LogP contribution is -2.47. The predicted molar refractivity (Wildman–Crippen MR) is 73.0 cm³/mol. The first kappa shape index (κ1) is 14.6. The first-order chi connectivity index (χ1) is 9.61. The van der Waals surface area contributed by atoms with E-state index in [1.54, 1.807) is 22.7 Å². The van der Waals surface area contributed by atoms with E-state index in [4.69, 9.17) is 9.84 Å². The Hall–Kier alpha value is -1.83. The van der Waals surface area contributed by atoms with Crippen LogP contribution in [0.25, 0.3) is 0 Å².